The predicted octanol–water partition coefficient (Wildman–Crippen LogP) is 3.18. The molecule has 0 saturated carbocycles. The molecule has 26 heavy (non-hydrogen) atoms. The second-order valence-electron chi connectivity index (χ2n) is 5.41. The summed E-state index contributed by atoms with van der Waals surface area (Å²) in [5.41, 5.74) is 6.75. The smallest absolute Gasteiger partial charge is 0.249 e. The van der Waals surface area contributed by atoms with Crippen LogP contribution in [0.25, 0.3) is 10.2 Å². The van der Waals surface area contributed by atoms with Crippen molar-refractivity contribution in [3.05, 3.63) is 18.2 Å². The molecule has 0 aliphatic heterocycles. The van der Waals surface area contributed by atoms with Crippen molar-refractivity contribution in [2.45, 2.75) is 31.5 Å². The summed E-state index contributed by atoms with van der Waals surface area (Å²) in [6.07, 6.45) is 0.560. The van der Waals surface area contributed by atoms with Gasteiger partial charge in [-0.15, -0.1) is 10.2 Å². The fourth-order valence-electron chi connectivity index (χ4n) is 2.57. The zero-order chi connectivity index (χ0) is 18.7. The lowest BCUT2D eigenvalue weighted by molar-refractivity contribution is -0.119. The number of nitrogens with two attached hydrogens (primary N) is 1. The number of nitrogen functional groups attached to an aromatic ring is 1. The number of nitrogens with one attached hydrogen (secondary N) is 1. The largest absolute Gasteiger partial charge is 0.497 e. The summed E-state index contributed by atoms with van der Waals surface area (Å²) in [5.74, 6) is 1.61. The SMILES string of the molecule is CCSc1nnc(N)n1C(CC)C(=O)Nc1nc2ccc(OC)cc2s1. The molecule has 3 rings (SSSR count). The zero-order valence-electron chi connectivity index (χ0n) is 14.7. The number of carbonyl (C=O) groups is 1. The highest BCUT2D eigenvalue weighted by Gasteiger charge is 2.25. The molecule has 8 nitrogen and oxygen atoms in total. The van der Waals surface area contributed by atoms with Crippen molar-refractivity contribution < 1.29 is 9.53 Å². The molecule has 1 unspecified atom stereocenters. The molecule has 0 radical (unpaired) electrons. The highest BCUT2D eigenvalue weighted by molar-refractivity contribution is 7.99. The Morgan fingerprint density at radius 3 is 2.92 bits per heavy atom. The lowest BCUT2D eigenvalue weighted by Crippen LogP contribution is -2.27. The van der Waals surface area contributed by atoms with Crippen LogP contribution in [0.15, 0.2) is 23.4 Å². The number of benzene rings is 1. The minimum Gasteiger partial charge on any atom is -0.497 e. The van der Waals surface area contributed by atoms with E-state index in [-0.39, 0.29) is 11.9 Å². The van der Waals surface area contributed by atoms with Gasteiger partial charge in [0, 0.05) is 0 Å². The highest BCUT2D eigenvalue weighted by Crippen LogP contribution is 2.31. The summed E-state index contributed by atoms with van der Waals surface area (Å²) >= 11 is 2.90. The second-order valence-corrected chi connectivity index (χ2v) is 7.67. The average molecular weight is 393 g/mol. The number of thioether (sulfide) groups is 1. The van der Waals surface area contributed by atoms with E-state index in [1.807, 2.05) is 32.0 Å². The van der Waals surface area contributed by atoms with Gasteiger partial charge >= 0.3 is 0 Å². The molecule has 10 heteroatoms. The van der Waals surface area contributed by atoms with Gasteiger partial charge in [-0.1, -0.05) is 36.9 Å². The summed E-state index contributed by atoms with van der Waals surface area (Å²) in [6.45, 7) is 3.93. The van der Waals surface area contributed by atoms with Gasteiger partial charge in [-0.25, -0.2) is 4.98 Å². The number of rotatable bonds is 7. The summed E-state index contributed by atoms with van der Waals surface area (Å²) in [7, 11) is 1.62. The summed E-state index contributed by atoms with van der Waals surface area (Å²) in [6, 6.07) is 5.11. The van der Waals surface area contributed by atoms with E-state index >= 15 is 0 Å². The zero-order valence-corrected chi connectivity index (χ0v) is 16.4. The highest BCUT2D eigenvalue weighted by atomic mass is 32.2. The van der Waals surface area contributed by atoms with Gasteiger partial charge in [-0.3, -0.25) is 9.36 Å². The van der Waals surface area contributed by atoms with Gasteiger partial charge in [-0.2, -0.15) is 0 Å². The van der Waals surface area contributed by atoms with E-state index in [0.29, 0.717) is 16.7 Å². The standard InChI is InChI=1S/C16H20N6O2S2/c1-4-11(22-14(17)20-21-16(22)25-5-2)13(23)19-15-18-10-7-6-9(24-3)8-12(10)26-15/h6-8,11H,4-5H2,1-3H3,(H2,17,20)(H,18,19,23). The maximum atomic E-state index is 12.8. The normalized spacial score (nSPS) is 12.3. The van der Waals surface area contributed by atoms with Crippen LogP contribution in [0, 0.1) is 0 Å². The third-order valence-corrected chi connectivity index (χ3v) is 5.55. The molecule has 2 aromatic heterocycles. The summed E-state index contributed by atoms with van der Waals surface area (Å²) in [4.78, 5) is 17.3. The second kappa shape index (κ2) is 7.92. The maximum absolute atomic E-state index is 12.8. The van der Waals surface area contributed by atoms with E-state index in [1.54, 1.807) is 11.7 Å². The Morgan fingerprint density at radius 2 is 2.23 bits per heavy atom. The Kier molecular flexibility index (Phi) is 5.62. The van der Waals surface area contributed by atoms with Gasteiger partial charge in [0.25, 0.3) is 0 Å². The number of hydrogen-bond donors (Lipinski definition) is 2. The average Bonchev–Trinajstić information content (AvgIpc) is 3.19. The third-order valence-electron chi connectivity index (χ3n) is 3.79. The molecule has 0 aliphatic rings. The van der Waals surface area contributed by atoms with Gasteiger partial charge in [0.05, 0.1) is 17.3 Å². The number of carbonyl (C=O) groups excluding carboxylic acids is 1. The number of nitrogens with zero attached hydrogens (tertiary/aromatic N) is 4. The first-order valence-electron chi connectivity index (χ1n) is 8.16. The molecule has 0 saturated heterocycles. The Balaban J connectivity index is 1.85. The lowest BCUT2D eigenvalue weighted by atomic mass is 10.2. The summed E-state index contributed by atoms with van der Waals surface area (Å²) < 4.78 is 7.85. The van der Waals surface area contributed by atoms with E-state index in [2.05, 4.69) is 20.5 Å². The van der Waals surface area contributed by atoms with Crippen LogP contribution in [-0.2, 0) is 4.79 Å². The van der Waals surface area contributed by atoms with Crippen molar-refractivity contribution in [3.8, 4) is 5.75 Å². The van der Waals surface area contributed by atoms with E-state index < -0.39 is 6.04 Å². The Bertz CT molecular complexity index is 923. The number of methoxy groups -OCH3 is 1. The molecule has 3 aromatic rings. The maximum Gasteiger partial charge on any atom is 0.249 e. The molecule has 1 amide bonds. The molecule has 1 atom stereocenters. The lowest BCUT2D eigenvalue weighted by Gasteiger charge is -2.18. The quantitative estimate of drug-likeness (QED) is 0.595. The summed E-state index contributed by atoms with van der Waals surface area (Å²) in [5, 5.41) is 12.0. The fraction of sp³-hybridized carbons (Fsp3) is 0.375. The fourth-order valence-corrected chi connectivity index (χ4v) is 4.18. The first-order valence-corrected chi connectivity index (χ1v) is 9.96. The molecule has 3 N–H and O–H groups in total. The van der Waals surface area contributed by atoms with Gasteiger partial charge in [0.1, 0.15) is 11.8 Å². The molecular formula is C16H20N6O2S2. The molecular weight excluding hydrogens is 372 g/mol. The topological polar surface area (TPSA) is 108 Å². The van der Waals surface area contributed by atoms with Crippen molar-refractivity contribution in [1.82, 2.24) is 19.7 Å². The number of amides is 1. The van der Waals surface area contributed by atoms with Crippen LogP contribution >= 0.6 is 23.1 Å². The third kappa shape index (κ3) is 3.61. The Labute approximate surface area is 159 Å². The minimum absolute atomic E-state index is 0.192. The molecule has 0 spiro atoms. The van der Waals surface area contributed by atoms with Gasteiger partial charge in [-0.05, 0) is 30.4 Å². The number of ether oxygens (including phenoxy) is 1. The number of anilines is 2. The molecule has 0 aliphatic carbocycles. The van der Waals surface area contributed by atoms with Crippen LogP contribution in [0.3, 0.4) is 0 Å². The van der Waals surface area contributed by atoms with Crippen LogP contribution in [0.5, 0.6) is 5.75 Å². The molecule has 0 bridgehead atoms. The number of thiazole rings is 1. The van der Waals surface area contributed by atoms with Crippen molar-refractivity contribution >= 4 is 50.3 Å². The number of fused-ring (bicyclic) bond motifs is 1. The minimum atomic E-state index is -0.499. The van der Waals surface area contributed by atoms with Crippen LogP contribution in [0.1, 0.15) is 26.3 Å². The van der Waals surface area contributed by atoms with Crippen molar-refractivity contribution in [1.29, 1.82) is 0 Å². The predicted molar refractivity (Wildman–Crippen MR) is 105 cm³/mol. The number of aromatic nitrogens is 4. The first-order chi connectivity index (χ1) is 12.6. The van der Waals surface area contributed by atoms with Gasteiger partial charge in [0.2, 0.25) is 11.9 Å². The Hall–Kier alpha value is -2.33. The Morgan fingerprint density at radius 1 is 1.42 bits per heavy atom. The van der Waals surface area contributed by atoms with E-state index in [9.17, 15) is 4.79 Å². The van der Waals surface area contributed by atoms with Crippen molar-refractivity contribution in [2.24, 2.45) is 0 Å². The van der Waals surface area contributed by atoms with Crippen LogP contribution < -0.4 is 15.8 Å². The van der Waals surface area contributed by atoms with Crippen molar-refractivity contribution in [2.75, 3.05) is 23.9 Å². The van der Waals surface area contributed by atoms with E-state index in [1.165, 1.54) is 23.1 Å². The first kappa shape index (κ1) is 18.5. The van der Waals surface area contributed by atoms with Crippen LogP contribution in [0.4, 0.5) is 11.1 Å². The molecule has 1 aromatic carbocycles. The molecule has 2 heterocycles. The molecule has 138 valence electrons. The van der Waals surface area contributed by atoms with Crippen LogP contribution in [0.2, 0.25) is 0 Å². The van der Waals surface area contributed by atoms with Crippen LogP contribution in [-0.4, -0.2) is 38.5 Å². The van der Waals surface area contributed by atoms with E-state index in [4.69, 9.17) is 10.5 Å². The number of hydrogen-bond acceptors (Lipinski definition) is 8. The van der Waals surface area contributed by atoms with Gasteiger partial charge < -0.3 is 15.8 Å². The van der Waals surface area contributed by atoms with Gasteiger partial charge in [0.15, 0.2) is 10.3 Å². The van der Waals surface area contributed by atoms with Crippen molar-refractivity contribution in [3.63, 3.8) is 0 Å². The molecule has 0 fully saturated rings. The monoisotopic (exact) mass is 392 g/mol. The van der Waals surface area contributed by atoms with E-state index in [0.717, 1.165) is 21.7 Å².